The number of aliphatic imine (C=N–C) groups is 1. The van der Waals surface area contributed by atoms with Gasteiger partial charge in [-0.15, -0.1) is 24.0 Å². The first-order chi connectivity index (χ1) is 15.7. The van der Waals surface area contributed by atoms with Crippen molar-refractivity contribution in [2.75, 3.05) is 26.2 Å². The highest BCUT2D eigenvalue weighted by Crippen LogP contribution is 2.22. The molecule has 2 aliphatic rings. The molecule has 0 saturated heterocycles. The SMILES string of the molecule is CCNC(=NCc1cccc(OCC(=O)NC2CC2)c1)N1CC=C(c2ccccc2)CC1.I. The summed E-state index contributed by atoms with van der Waals surface area (Å²) in [6, 6.07) is 18.7. The van der Waals surface area contributed by atoms with E-state index in [0.29, 0.717) is 18.3 Å². The lowest BCUT2D eigenvalue weighted by Crippen LogP contribution is -2.43. The summed E-state index contributed by atoms with van der Waals surface area (Å²) in [5.41, 5.74) is 3.75. The molecule has 0 radical (unpaired) electrons. The Labute approximate surface area is 213 Å². The van der Waals surface area contributed by atoms with Gasteiger partial charge in [-0.3, -0.25) is 4.79 Å². The first-order valence-corrected chi connectivity index (χ1v) is 11.5. The van der Waals surface area contributed by atoms with Crippen LogP contribution in [0.1, 0.15) is 37.3 Å². The summed E-state index contributed by atoms with van der Waals surface area (Å²) in [4.78, 5) is 19.0. The molecule has 0 unspecified atom stereocenters. The minimum absolute atomic E-state index is 0. The molecule has 1 aliphatic carbocycles. The molecular weight excluding hydrogens is 527 g/mol. The first-order valence-electron chi connectivity index (χ1n) is 11.5. The van der Waals surface area contributed by atoms with Gasteiger partial charge in [0.15, 0.2) is 12.6 Å². The van der Waals surface area contributed by atoms with Crippen molar-refractivity contribution in [2.45, 2.75) is 38.8 Å². The molecular formula is C26H33IN4O2. The van der Waals surface area contributed by atoms with Crippen LogP contribution in [0.5, 0.6) is 5.75 Å². The lowest BCUT2D eigenvalue weighted by atomic mass is 10.00. The normalized spacial score (nSPS) is 15.8. The van der Waals surface area contributed by atoms with Crippen molar-refractivity contribution < 1.29 is 9.53 Å². The summed E-state index contributed by atoms with van der Waals surface area (Å²) >= 11 is 0. The molecule has 1 saturated carbocycles. The number of rotatable bonds is 8. The molecule has 1 aliphatic heterocycles. The van der Waals surface area contributed by atoms with Gasteiger partial charge in [0.1, 0.15) is 5.75 Å². The third-order valence-corrected chi connectivity index (χ3v) is 5.61. The van der Waals surface area contributed by atoms with E-state index in [-0.39, 0.29) is 36.5 Å². The van der Waals surface area contributed by atoms with Crippen LogP contribution in [-0.4, -0.2) is 49.0 Å². The number of carbonyl (C=O) groups excluding carboxylic acids is 1. The van der Waals surface area contributed by atoms with Crippen LogP contribution in [0.25, 0.3) is 5.57 Å². The van der Waals surface area contributed by atoms with Crippen LogP contribution in [0.2, 0.25) is 0 Å². The quantitative estimate of drug-likeness (QED) is 0.289. The Hall–Kier alpha value is -2.55. The van der Waals surface area contributed by atoms with Crippen LogP contribution in [0.4, 0.5) is 0 Å². The van der Waals surface area contributed by atoms with Crippen molar-refractivity contribution in [3.05, 3.63) is 71.8 Å². The number of nitrogens with zero attached hydrogens (tertiary/aromatic N) is 2. The van der Waals surface area contributed by atoms with Gasteiger partial charge in [-0.05, 0) is 55.0 Å². The summed E-state index contributed by atoms with van der Waals surface area (Å²) in [7, 11) is 0. The number of hydrogen-bond donors (Lipinski definition) is 2. The molecule has 0 spiro atoms. The summed E-state index contributed by atoms with van der Waals surface area (Å²) < 4.78 is 5.67. The second kappa shape index (κ2) is 12.6. The van der Waals surface area contributed by atoms with Gasteiger partial charge in [0.25, 0.3) is 5.91 Å². The molecule has 1 amide bonds. The summed E-state index contributed by atoms with van der Waals surface area (Å²) in [5.74, 6) is 1.56. The van der Waals surface area contributed by atoms with Gasteiger partial charge in [0, 0.05) is 25.7 Å². The molecule has 33 heavy (non-hydrogen) atoms. The van der Waals surface area contributed by atoms with Crippen molar-refractivity contribution in [3.8, 4) is 5.75 Å². The van der Waals surface area contributed by atoms with Crippen molar-refractivity contribution in [1.29, 1.82) is 0 Å². The predicted octanol–water partition coefficient (Wildman–Crippen LogP) is 4.22. The second-order valence-corrected chi connectivity index (χ2v) is 8.24. The molecule has 2 N–H and O–H groups in total. The van der Waals surface area contributed by atoms with Gasteiger partial charge >= 0.3 is 0 Å². The van der Waals surface area contributed by atoms with Gasteiger partial charge < -0.3 is 20.3 Å². The van der Waals surface area contributed by atoms with E-state index in [2.05, 4.69) is 58.9 Å². The Morgan fingerprint density at radius 2 is 1.97 bits per heavy atom. The molecule has 176 valence electrons. The Morgan fingerprint density at radius 3 is 2.67 bits per heavy atom. The standard InChI is InChI=1S/C26H32N4O2.HI/c1-2-27-26(30-15-13-22(14-16-30)21-8-4-3-5-9-21)28-18-20-7-6-10-24(17-20)32-19-25(31)29-23-11-12-23;/h3-10,13,17,23H,2,11-12,14-16,18-19H2,1H3,(H,27,28)(H,29,31);1H. The number of nitrogens with one attached hydrogen (secondary N) is 2. The van der Waals surface area contributed by atoms with Crippen molar-refractivity contribution in [1.82, 2.24) is 15.5 Å². The molecule has 7 heteroatoms. The Bertz CT molecular complexity index is 973. The molecule has 4 rings (SSSR count). The van der Waals surface area contributed by atoms with Crippen LogP contribution >= 0.6 is 24.0 Å². The molecule has 0 aromatic heterocycles. The van der Waals surface area contributed by atoms with E-state index in [0.717, 1.165) is 50.4 Å². The average molecular weight is 560 g/mol. The lowest BCUT2D eigenvalue weighted by molar-refractivity contribution is -0.123. The van der Waals surface area contributed by atoms with E-state index >= 15 is 0 Å². The van der Waals surface area contributed by atoms with E-state index in [1.165, 1.54) is 11.1 Å². The van der Waals surface area contributed by atoms with Crippen molar-refractivity contribution >= 4 is 41.4 Å². The fourth-order valence-corrected chi connectivity index (χ4v) is 3.75. The van der Waals surface area contributed by atoms with Gasteiger partial charge in [-0.2, -0.15) is 0 Å². The van der Waals surface area contributed by atoms with Crippen LogP contribution < -0.4 is 15.4 Å². The minimum atomic E-state index is -0.0571. The van der Waals surface area contributed by atoms with E-state index in [1.54, 1.807) is 0 Å². The molecule has 1 fully saturated rings. The monoisotopic (exact) mass is 560 g/mol. The zero-order chi connectivity index (χ0) is 22.2. The molecule has 0 bridgehead atoms. The summed E-state index contributed by atoms with van der Waals surface area (Å²) in [5, 5.41) is 6.36. The maximum atomic E-state index is 11.9. The maximum Gasteiger partial charge on any atom is 0.258 e. The molecule has 2 aromatic rings. The van der Waals surface area contributed by atoms with Crippen LogP contribution in [0.3, 0.4) is 0 Å². The molecule has 2 aromatic carbocycles. The molecule has 0 atom stereocenters. The number of halogens is 1. The number of hydrogen-bond acceptors (Lipinski definition) is 3. The summed E-state index contributed by atoms with van der Waals surface area (Å²) in [6.45, 7) is 5.30. The molecule has 1 heterocycles. The van der Waals surface area contributed by atoms with Gasteiger partial charge in [-0.1, -0.05) is 48.5 Å². The third-order valence-electron chi connectivity index (χ3n) is 5.61. The van der Waals surface area contributed by atoms with E-state index < -0.39 is 0 Å². The highest BCUT2D eigenvalue weighted by atomic mass is 127. The topological polar surface area (TPSA) is 66.0 Å². The smallest absolute Gasteiger partial charge is 0.258 e. The lowest BCUT2D eigenvalue weighted by Gasteiger charge is -2.30. The number of amides is 1. The molecule has 6 nitrogen and oxygen atoms in total. The summed E-state index contributed by atoms with van der Waals surface area (Å²) in [6.07, 6.45) is 5.45. The van der Waals surface area contributed by atoms with Crippen LogP contribution in [0, 0.1) is 0 Å². The largest absolute Gasteiger partial charge is 0.484 e. The van der Waals surface area contributed by atoms with Crippen LogP contribution in [0.15, 0.2) is 65.7 Å². The second-order valence-electron chi connectivity index (χ2n) is 8.24. The van der Waals surface area contributed by atoms with E-state index in [9.17, 15) is 4.79 Å². The number of benzene rings is 2. The zero-order valence-corrected chi connectivity index (χ0v) is 21.5. The fourth-order valence-electron chi connectivity index (χ4n) is 3.75. The highest BCUT2D eigenvalue weighted by molar-refractivity contribution is 14.0. The number of guanidine groups is 1. The zero-order valence-electron chi connectivity index (χ0n) is 19.1. The highest BCUT2D eigenvalue weighted by Gasteiger charge is 2.23. The first kappa shape index (κ1) is 25.1. The Morgan fingerprint density at radius 1 is 1.15 bits per heavy atom. The fraction of sp³-hybridized carbons (Fsp3) is 0.385. The van der Waals surface area contributed by atoms with E-state index in [1.807, 2.05) is 24.3 Å². The van der Waals surface area contributed by atoms with Crippen molar-refractivity contribution in [3.63, 3.8) is 0 Å². The van der Waals surface area contributed by atoms with Crippen LogP contribution in [-0.2, 0) is 11.3 Å². The number of carbonyl (C=O) groups is 1. The third kappa shape index (κ3) is 7.77. The van der Waals surface area contributed by atoms with Gasteiger partial charge in [-0.25, -0.2) is 4.99 Å². The van der Waals surface area contributed by atoms with Gasteiger partial charge in [0.05, 0.1) is 6.54 Å². The minimum Gasteiger partial charge on any atom is -0.484 e. The van der Waals surface area contributed by atoms with E-state index in [4.69, 9.17) is 9.73 Å². The van der Waals surface area contributed by atoms with Crippen molar-refractivity contribution in [2.24, 2.45) is 4.99 Å². The Kier molecular flexibility index (Phi) is 9.60. The Balaban J connectivity index is 0.00000306. The predicted molar refractivity (Wildman–Crippen MR) is 144 cm³/mol. The number of ether oxygens (including phenoxy) is 1. The maximum absolute atomic E-state index is 11.9. The van der Waals surface area contributed by atoms with Gasteiger partial charge in [0.2, 0.25) is 0 Å². The average Bonchev–Trinajstić information content (AvgIpc) is 3.65.